The lowest BCUT2D eigenvalue weighted by atomic mass is 9.82. The summed E-state index contributed by atoms with van der Waals surface area (Å²) in [6, 6.07) is 9.85. The Kier molecular flexibility index (Phi) is 6.89. The van der Waals surface area contributed by atoms with E-state index >= 15 is 0 Å². The molecule has 3 heterocycles. The van der Waals surface area contributed by atoms with Crippen LogP contribution in [0.3, 0.4) is 0 Å². The highest BCUT2D eigenvalue weighted by Gasteiger charge is 2.28. The molecule has 0 unspecified atom stereocenters. The number of amides is 1. The van der Waals surface area contributed by atoms with Gasteiger partial charge in [-0.2, -0.15) is 0 Å². The molecule has 162 valence electrons. The SMILES string of the molecule is Cc1ccnc(Nc2cccc(-c3cnc(C4CCC(C(=O)NCCO)CC4)s3)n2)c1. The number of nitrogens with one attached hydrogen (secondary N) is 2. The van der Waals surface area contributed by atoms with Crippen LogP contribution in [0.4, 0.5) is 11.6 Å². The fourth-order valence-corrected chi connectivity index (χ4v) is 4.95. The Bertz CT molecular complexity index is 1030. The van der Waals surface area contributed by atoms with Gasteiger partial charge in [-0.05, 0) is 62.4 Å². The molecule has 1 aliphatic carbocycles. The summed E-state index contributed by atoms with van der Waals surface area (Å²) in [5.74, 6) is 2.01. The summed E-state index contributed by atoms with van der Waals surface area (Å²) in [5.41, 5.74) is 2.03. The van der Waals surface area contributed by atoms with E-state index < -0.39 is 0 Å². The number of rotatable bonds is 7. The summed E-state index contributed by atoms with van der Waals surface area (Å²) in [7, 11) is 0. The smallest absolute Gasteiger partial charge is 0.223 e. The second kappa shape index (κ2) is 9.98. The maximum atomic E-state index is 12.1. The summed E-state index contributed by atoms with van der Waals surface area (Å²) in [5, 5.41) is 16.0. The molecule has 8 heteroatoms. The van der Waals surface area contributed by atoms with Crippen molar-refractivity contribution in [2.45, 2.75) is 38.5 Å². The van der Waals surface area contributed by atoms with E-state index in [1.165, 1.54) is 0 Å². The van der Waals surface area contributed by atoms with E-state index in [2.05, 4.69) is 20.6 Å². The van der Waals surface area contributed by atoms with Gasteiger partial charge in [-0.3, -0.25) is 4.79 Å². The van der Waals surface area contributed by atoms with Gasteiger partial charge in [-0.25, -0.2) is 15.0 Å². The Morgan fingerprint density at radius 2 is 2.00 bits per heavy atom. The van der Waals surface area contributed by atoms with Crippen LogP contribution in [-0.4, -0.2) is 39.1 Å². The highest BCUT2D eigenvalue weighted by atomic mass is 32.1. The van der Waals surface area contributed by atoms with Crippen molar-refractivity contribution in [3.05, 3.63) is 53.3 Å². The molecule has 1 saturated carbocycles. The third-order valence-corrected chi connectivity index (χ3v) is 6.74. The number of aliphatic hydroxyl groups is 1. The van der Waals surface area contributed by atoms with Crippen LogP contribution in [0.15, 0.2) is 42.7 Å². The fourth-order valence-electron chi connectivity index (χ4n) is 3.90. The number of anilines is 2. The molecule has 1 amide bonds. The number of hydrogen-bond acceptors (Lipinski definition) is 7. The average molecular weight is 438 g/mol. The molecule has 0 spiro atoms. The first-order valence-electron chi connectivity index (χ1n) is 10.6. The van der Waals surface area contributed by atoms with Gasteiger partial charge in [0.05, 0.1) is 22.2 Å². The van der Waals surface area contributed by atoms with E-state index in [1.54, 1.807) is 17.5 Å². The molecule has 7 nitrogen and oxygen atoms in total. The molecule has 1 fully saturated rings. The number of carbonyl (C=O) groups excluding carboxylic acids is 1. The molecule has 0 bridgehead atoms. The third-order valence-electron chi connectivity index (χ3n) is 5.55. The molecule has 0 saturated heterocycles. The van der Waals surface area contributed by atoms with Crippen molar-refractivity contribution < 1.29 is 9.90 Å². The molecule has 0 aromatic carbocycles. The number of thiazole rings is 1. The molecular weight excluding hydrogens is 410 g/mol. The Morgan fingerprint density at radius 1 is 1.16 bits per heavy atom. The van der Waals surface area contributed by atoms with Gasteiger partial charge in [-0.1, -0.05) is 6.07 Å². The molecule has 3 aromatic rings. The quantitative estimate of drug-likeness (QED) is 0.516. The van der Waals surface area contributed by atoms with E-state index in [1.807, 2.05) is 43.5 Å². The topological polar surface area (TPSA) is 100 Å². The predicted octanol–water partition coefficient (Wildman–Crippen LogP) is 4.03. The van der Waals surface area contributed by atoms with Crippen molar-refractivity contribution >= 4 is 28.9 Å². The zero-order valence-electron chi connectivity index (χ0n) is 17.5. The van der Waals surface area contributed by atoms with Crippen LogP contribution in [0.2, 0.25) is 0 Å². The van der Waals surface area contributed by atoms with Crippen LogP contribution >= 0.6 is 11.3 Å². The second-order valence-corrected chi connectivity index (χ2v) is 8.94. The summed E-state index contributed by atoms with van der Waals surface area (Å²) in [6.07, 6.45) is 7.31. The Morgan fingerprint density at radius 3 is 2.77 bits per heavy atom. The number of aliphatic hydroxyl groups excluding tert-OH is 1. The molecule has 4 rings (SSSR count). The van der Waals surface area contributed by atoms with Gasteiger partial charge in [0, 0.05) is 30.8 Å². The standard InChI is InChI=1S/C23H27N5O2S/c1-15-9-10-24-21(13-15)28-20-4-2-3-18(27-20)19-14-26-23(31-19)17-7-5-16(6-8-17)22(30)25-11-12-29/h2-4,9-10,13-14,16-17,29H,5-8,11-12H2,1H3,(H,25,30)(H,24,27,28). The Labute approximate surface area is 186 Å². The molecule has 0 atom stereocenters. The summed E-state index contributed by atoms with van der Waals surface area (Å²) >= 11 is 1.68. The number of carbonyl (C=O) groups is 1. The van der Waals surface area contributed by atoms with Gasteiger partial charge in [0.15, 0.2) is 0 Å². The van der Waals surface area contributed by atoms with Crippen LogP contribution < -0.4 is 10.6 Å². The van der Waals surface area contributed by atoms with Crippen molar-refractivity contribution in [3.8, 4) is 10.6 Å². The van der Waals surface area contributed by atoms with Gasteiger partial charge in [-0.15, -0.1) is 11.3 Å². The van der Waals surface area contributed by atoms with E-state index in [-0.39, 0.29) is 18.4 Å². The van der Waals surface area contributed by atoms with Crippen LogP contribution in [-0.2, 0) is 4.79 Å². The highest BCUT2D eigenvalue weighted by molar-refractivity contribution is 7.15. The molecule has 3 aromatic heterocycles. The van der Waals surface area contributed by atoms with Crippen molar-refractivity contribution in [1.82, 2.24) is 20.3 Å². The average Bonchev–Trinajstić information content (AvgIpc) is 3.28. The van der Waals surface area contributed by atoms with Gasteiger partial charge < -0.3 is 15.7 Å². The van der Waals surface area contributed by atoms with Crippen LogP contribution in [0.25, 0.3) is 10.6 Å². The molecule has 0 aliphatic heterocycles. The van der Waals surface area contributed by atoms with Gasteiger partial charge in [0.25, 0.3) is 0 Å². The predicted molar refractivity (Wildman–Crippen MR) is 122 cm³/mol. The minimum atomic E-state index is -0.0186. The zero-order chi connectivity index (χ0) is 21.6. The number of nitrogens with zero attached hydrogens (tertiary/aromatic N) is 3. The largest absolute Gasteiger partial charge is 0.395 e. The first-order chi connectivity index (χ1) is 15.1. The van der Waals surface area contributed by atoms with E-state index in [0.29, 0.717) is 12.5 Å². The minimum absolute atomic E-state index is 0.0186. The van der Waals surface area contributed by atoms with E-state index in [4.69, 9.17) is 10.1 Å². The van der Waals surface area contributed by atoms with Crippen molar-refractivity contribution in [1.29, 1.82) is 0 Å². The number of pyridine rings is 2. The minimum Gasteiger partial charge on any atom is -0.395 e. The van der Waals surface area contributed by atoms with E-state index in [9.17, 15) is 4.79 Å². The number of aryl methyl sites for hydroxylation is 1. The van der Waals surface area contributed by atoms with Crippen LogP contribution in [0, 0.1) is 12.8 Å². The maximum Gasteiger partial charge on any atom is 0.223 e. The van der Waals surface area contributed by atoms with Crippen LogP contribution in [0.5, 0.6) is 0 Å². The maximum absolute atomic E-state index is 12.1. The molecule has 1 aliphatic rings. The lowest BCUT2D eigenvalue weighted by Gasteiger charge is -2.26. The number of hydrogen-bond donors (Lipinski definition) is 3. The Balaban J connectivity index is 1.40. The van der Waals surface area contributed by atoms with E-state index in [0.717, 1.165) is 58.5 Å². The molecule has 31 heavy (non-hydrogen) atoms. The first-order valence-corrected chi connectivity index (χ1v) is 11.5. The monoisotopic (exact) mass is 437 g/mol. The van der Waals surface area contributed by atoms with Crippen molar-refractivity contribution in [2.24, 2.45) is 5.92 Å². The lowest BCUT2D eigenvalue weighted by molar-refractivity contribution is -0.126. The first kappa shape index (κ1) is 21.4. The normalized spacial score (nSPS) is 18.5. The summed E-state index contributed by atoms with van der Waals surface area (Å²) in [4.78, 5) is 26.9. The lowest BCUT2D eigenvalue weighted by Crippen LogP contribution is -2.34. The van der Waals surface area contributed by atoms with Gasteiger partial charge >= 0.3 is 0 Å². The molecular formula is C23H27N5O2S. The summed E-state index contributed by atoms with van der Waals surface area (Å²) in [6.45, 7) is 2.34. The fraction of sp³-hybridized carbons (Fsp3) is 0.391. The number of aromatic nitrogens is 3. The Hall–Kier alpha value is -2.84. The van der Waals surface area contributed by atoms with Crippen molar-refractivity contribution in [3.63, 3.8) is 0 Å². The highest BCUT2D eigenvalue weighted by Crippen LogP contribution is 2.39. The molecule has 3 N–H and O–H groups in total. The third kappa shape index (κ3) is 5.45. The molecule has 0 radical (unpaired) electrons. The van der Waals surface area contributed by atoms with Crippen LogP contribution in [0.1, 0.15) is 42.2 Å². The van der Waals surface area contributed by atoms with Gasteiger partial charge in [0.1, 0.15) is 11.6 Å². The van der Waals surface area contributed by atoms with Gasteiger partial charge in [0.2, 0.25) is 5.91 Å². The second-order valence-electron chi connectivity index (χ2n) is 7.88. The van der Waals surface area contributed by atoms with Crippen molar-refractivity contribution in [2.75, 3.05) is 18.5 Å². The zero-order valence-corrected chi connectivity index (χ0v) is 18.4. The summed E-state index contributed by atoms with van der Waals surface area (Å²) < 4.78 is 0.